The quantitative estimate of drug-likeness (QED) is 0.450. The van der Waals surface area contributed by atoms with E-state index < -0.39 is 0 Å². The van der Waals surface area contributed by atoms with Crippen molar-refractivity contribution in [2.24, 2.45) is 10.9 Å². The highest BCUT2D eigenvalue weighted by atomic mass is 127. The average Bonchev–Trinajstić information content (AvgIpc) is 2.39. The van der Waals surface area contributed by atoms with Gasteiger partial charge in [0.1, 0.15) is 0 Å². The van der Waals surface area contributed by atoms with Gasteiger partial charge in [0.25, 0.3) is 0 Å². The van der Waals surface area contributed by atoms with E-state index in [-0.39, 0.29) is 24.0 Å². The van der Waals surface area contributed by atoms with Crippen molar-refractivity contribution in [2.45, 2.75) is 46.1 Å². The van der Waals surface area contributed by atoms with Crippen LogP contribution in [0.1, 0.15) is 44.7 Å². The Morgan fingerprint density at radius 2 is 2.00 bits per heavy atom. The van der Waals surface area contributed by atoms with Gasteiger partial charge in [-0.2, -0.15) is 0 Å². The van der Waals surface area contributed by atoms with Crippen LogP contribution >= 0.6 is 24.0 Å². The van der Waals surface area contributed by atoms with E-state index in [1.807, 2.05) is 0 Å². The number of nitrogens with one attached hydrogen (secondary N) is 2. The van der Waals surface area contributed by atoms with E-state index in [0.29, 0.717) is 17.9 Å². The largest absolute Gasteiger partial charge is 0.357 e. The first-order valence-corrected chi connectivity index (χ1v) is 7.74. The summed E-state index contributed by atoms with van der Waals surface area (Å²) < 4.78 is 0. The molecular formula is C17H28IN3. The first-order valence-electron chi connectivity index (χ1n) is 7.74. The standard InChI is InChI=1S/C17H27N3.HI/c1-5-18-17(20-13(4)12(2)3)19-11-15-10-14-8-6-7-9-16(14)15;/h6-9,12-13,15H,5,10-11H2,1-4H3,(H2,18,19,20);1H. The third-order valence-electron chi connectivity index (χ3n) is 4.14. The first-order chi connectivity index (χ1) is 9.61. The fourth-order valence-corrected chi connectivity index (χ4v) is 2.43. The van der Waals surface area contributed by atoms with Crippen LogP contribution in [-0.2, 0) is 6.42 Å². The van der Waals surface area contributed by atoms with Gasteiger partial charge in [0.2, 0.25) is 0 Å². The third kappa shape index (κ3) is 4.87. The summed E-state index contributed by atoms with van der Waals surface area (Å²) >= 11 is 0. The SMILES string of the molecule is CCNC(=NCC1Cc2ccccc21)NC(C)C(C)C.I. The van der Waals surface area contributed by atoms with Crippen molar-refractivity contribution in [3.8, 4) is 0 Å². The van der Waals surface area contributed by atoms with Gasteiger partial charge in [-0.15, -0.1) is 24.0 Å². The summed E-state index contributed by atoms with van der Waals surface area (Å²) in [5.41, 5.74) is 2.96. The lowest BCUT2D eigenvalue weighted by molar-refractivity contribution is 0.480. The molecule has 0 saturated carbocycles. The topological polar surface area (TPSA) is 36.4 Å². The van der Waals surface area contributed by atoms with Gasteiger partial charge in [0.05, 0.1) is 0 Å². The molecule has 1 aromatic rings. The van der Waals surface area contributed by atoms with Gasteiger partial charge in [-0.05, 0) is 37.3 Å². The first kappa shape index (κ1) is 18.3. The number of fused-ring (bicyclic) bond motifs is 1. The summed E-state index contributed by atoms with van der Waals surface area (Å²) in [6.45, 7) is 10.5. The fraction of sp³-hybridized carbons (Fsp3) is 0.588. The molecule has 2 unspecified atom stereocenters. The molecule has 0 fully saturated rings. The van der Waals surface area contributed by atoms with Crippen LogP contribution in [0.3, 0.4) is 0 Å². The molecule has 118 valence electrons. The van der Waals surface area contributed by atoms with Gasteiger partial charge in [-0.25, -0.2) is 0 Å². The van der Waals surface area contributed by atoms with Crippen LogP contribution in [0, 0.1) is 5.92 Å². The Labute approximate surface area is 146 Å². The molecule has 4 heteroatoms. The molecule has 0 bridgehead atoms. The normalized spacial score (nSPS) is 18.3. The summed E-state index contributed by atoms with van der Waals surface area (Å²) in [6, 6.07) is 9.13. The van der Waals surface area contributed by atoms with Gasteiger partial charge in [0.15, 0.2) is 5.96 Å². The number of guanidine groups is 1. The van der Waals surface area contributed by atoms with Crippen LogP contribution in [0.2, 0.25) is 0 Å². The van der Waals surface area contributed by atoms with Gasteiger partial charge in [0, 0.05) is 25.0 Å². The molecular weight excluding hydrogens is 373 g/mol. The maximum Gasteiger partial charge on any atom is 0.191 e. The zero-order valence-corrected chi connectivity index (χ0v) is 15.8. The molecule has 1 aromatic carbocycles. The molecule has 2 rings (SSSR count). The summed E-state index contributed by atoms with van der Waals surface area (Å²) in [5.74, 6) is 2.14. The second-order valence-corrected chi connectivity index (χ2v) is 6.00. The number of aliphatic imine (C=N–C) groups is 1. The van der Waals surface area contributed by atoms with Crippen molar-refractivity contribution >= 4 is 29.9 Å². The number of benzene rings is 1. The number of rotatable bonds is 5. The molecule has 2 atom stereocenters. The van der Waals surface area contributed by atoms with Gasteiger partial charge in [-0.3, -0.25) is 4.99 Å². The average molecular weight is 401 g/mol. The van der Waals surface area contributed by atoms with E-state index in [0.717, 1.165) is 19.0 Å². The Balaban J connectivity index is 0.00000220. The Kier molecular flexibility index (Phi) is 7.49. The molecule has 0 saturated heterocycles. The van der Waals surface area contributed by atoms with Crippen molar-refractivity contribution < 1.29 is 0 Å². The lowest BCUT2D eigenvalue weighted by Gasteiger charge is -2.29. The van der Waals surface area contributed by atoms with Crippen LogP contribution in [0.5, 0.6) is 0 Å². The fourth-order valence-electron chi connectivity index (χ4n) is 2.43. The predicted molar refractivity (Wildman–Crippen MR) is 102 cm³/mol. The maximum atomic E-state index is 4.75. The van der Waals surface area contributed by atoms with Crippen molar-refractivity contribution in [3.63, 3.8) is 0 Å². The molecule has 3 nitrogen and oxygen atoms in total. The van der Waals surface area contributed by atoms with Crippen LogP contribution < -0.4 is 10.6 Å². The Hall–Kier alpha value is -0.780. The number of nitrogens with zero attached hydrogens (tertiary/aromatic N) is 1. The van der Waals surface area contributed by atoms with E-state index >= 15 is 0 Å². The van der Waals surface area contributed by atoms with E-state index in [9.17, 15) is 0 Å². The summed E-state index contributed by atoms with van der Waals surface area (Å²) in [5, 5.41) is 6.82. The van der Waals surface area contributed by atoms with E-state index in [2.05, 4.69) is 62.6 Å². The highest BCUT2D eigenvalue weighted by Crippen LogP contribution is 2.34. The third-order valence-corrected chi connectivity index (χ3v) is 4.14. The van der Waals surface area contributed by atoms with Gasteiger partial charge >= 0.3 is 0 Å². The summed E-state index contributed by atoms with van der Waals surface area (Å²) in [7, 11) is 0. The summed E-state index contributed by atoms with van der Waals surface area (Å²) in [6.07, 6.45) is 1.17. The molecule has 0 heterocycles. The maximum absolute atomic E-state index is 4.75. The van der Waals surface area contributed by atoms with E-state index in [1.54, 1.807) is 0 Å². The molecule has 0 spiro atoms. The Morgan fingerprint density at radius 3 is 2.62 bits per heavy atom. The smallest absolute Gasteiger partial charge is 0.191 e. The van der Waals surface area contributed by atoms with Gasteiger partial charge < -0.3 is 10.6 Å². The number of halogens is 1. The van der Waals surface area contributed by atoms with Crippen LogP contribution in [-0.4, -0.2) is 25.1 Å². The molecule has 1 aliphatic carbocycles. The zero-order chi connectivity index (χ0) is 14.5. The molecule has 0 aliphatic heterocycles. The number of hydrogen-bond acceptors (Lipinski definition) is 1. The molecule has 0 radical (unpaired) electrons. The van der Waals surface area contributed by atoms with Crippen molar-refractivity contribution in [1.29, 1.82) is 0 Å². The Morgan fingerprint density at radius 1 is 1.29 bits per heavy atom. The van der Waals surface area contributed by atoms with E-state index in [4.69, 9.17) is 4.99 Å². The second kappa shape index (κ2) is 8.61. The monoisotopic (exact) mass is 401 g/mol. The minimum atomic E-state index is 0. The van der Waals surface area contributed by atoms with E-state index in [1.165, 1.54) is 17.5 Å². The molecule has 0 amide bonds. The molecule has 0 aromatic heterocycles. The van der Waals surface area contributed by atoms with Crippen LogP contribution in [0.4, 0.5) is 0 Å². The van der Waals surface area contributed by atoms with Crippen molar-refractivity contribution in [3.05, 3.63) is 35.4 Å². The van der Waals surface area contributed by atoms with Crippen molar-refractivity contribution in [2.75, 3.05) is 13.1 Å². The van der Waals surface area contributed by atoms with Gasteiger partial charge in [-0.1, -0.05) is 38.1 Å². The van der Waals surface area contributed by atoms with Crippen molar-refractivity contribution in [1.82, 2.24) is 10.6 Å². The minimum Gasteiger partial charge on any atom is -0.357 e. The highest BCUT2D eigenvalue weighted by molar-refractivity contribution is 14.0. The number of hydrogen-bond donors (Lipinski definition) is 2. The lowest BCUT2D eigenvalue weighted by atomic mass is 9.78. The predicted octanol–water partition coefficient (Wildman–Crippen LogP) is 3.54. The Bertz CT molecular complexity index is 471. The minimum absolute atomic E-state index is 0. The lowest BCUT2D eigenvalue weighted by Crippen LogP contribution is -2.44. The van der Waals surface area contributed by atoms with Crippen LogP contribution in [0.15, 0.2) is 29.3 Å². The molecule has 2 N–H and O–H groups in total. The molecule has 21 heavy (non-hydrogen) atoms. The second-order valence-electron chi connectivity index (χ2n) is 6.00. The summed E-state index contributed by atoms with van der Waals surface area (Å²) in [4.78, 5) is 4.75. The van der Waals surface area contributed by atoms with Crippen LogP contribution in [0.25, 0.3) is 0 Å². The highest BCUT2D eigenvalue weighted by Gasteiger charge is 2.25. The zero-order valence-electron chi connectivity index (χ0n) is 13.5. The molecule has 1 aliphatic rings.